The molecule has 1 saturated heterocycles. The maximum Gasteiger partial charge on any atom is 0.407 e. The first-order valence-corrected chi connectivity index (χ1v) is 8.03. The second kappa shape index (κ2) is 6.33. The Balaban J connectivity index is 1.79. The van der Waals surface area contributed by atoms with E-state index in [0.717, 1.165) is 18.9 Å². The molecule has 4 heteroatoms. The van der Waals surface area contributed by atoms with Gasteiger partial charge in [-0.1, -0.05) is 13.3 Å². The Labute approximate surface area is 123 Å². The summed E-state index contributed by atoms with van der Waals surface area (Å²) in [5.41, 5.74) is -0.421. The van der Waals surface area contributed by atoms with Gasteiger partial charge in [0, 0.05) is 25.7 Å². The Morgan fingerprint density at radius 2 is 2.00 bits per heavy atom. The standard InChI is InChI=1S/C16H30N2O2/c1-12-8-14(17-15(19)20-16(2,3)4)11-18(9-12)10-13-6-5-7-13/h12-14H,5-11H2,1-4H3,(H,17,19). The number of likely N-dealkylation sites (tertiary alicyclic amines) is 1. The van der Waals surface area contributed by atoms with Crippen molar-refractivity contribution < 1.29 is 9.53 Å². The van der Waals surface area contributed by atoms with Crippen molar-refractivity contribution in [2.75, 3.05) is 19.6 Å². The molecule has 2 rings (SSSR count). The highest BCUT2D eigenvalue weighted by Crippen LogP contribution is 2.28. The SMILES string of the molecule is CC1CC(NC(=O)OC(C)(C)C)CN(CC2CCC2)C1. The number of hydrogen-bond donors (Lipinski definition) is 1. The maximum absolute atomic E-state index is 11.9. The van der Waals surface area contributed by atoms with Gasteiger partial charge in [-0.2, -0.15) is 0 Å². The summed E-state index contributed by atoms with van der Waals surface area (Å²) in [7, 11) is 0. The van der Waals surface area contributed by atoms with Crippen LogP contribution in [0.15, 0.2) is 0 Å². The Morgan fingerprint density at radius 3 is 2.55 bits per heavy atom. The van der Waals surface area contributed by atoms with Gasteiger partial charge in [-0.3, -0.25) is 0 Å². The summed E-state index contributed by atoms with van der Waals surface area (Å²) in [6, 6.07) is 0.230. The smallest absolute Gasteiger partial charge is 0.407 e. The third-order valence-corrected chi connectivity index (χ3v) is 4.20. The van der Waals surface area contributed by atoms with E-state index in [4.69, 9.17) is 4.74 Å². The zero-order chi connectivity index (χ0) is 14.8. The lowest BCUT2D eigenvalue weighted by atomic mass is 9.84. The fourth-order valence-corrected chi connectivity index (χ4v) is 3.23. The second-order valence-corrected chi connectivity index (χ2v) is 7.70. The van der Waals surface area contributed by atoms with Gasteiger partial charge in [-0.25, -0.2) is 4.79 Å². The van der Waals surface area contributed by atoms with Crippen molar-refractivity contribution in [3.63, 3.8) is 0 Å². The highest BCUT2D eigenvalue weighted by atomic mass is 16.6. The molecule has 2 unspecified atom stereocenters. The molecular weight excluding hydrogens is 252 g/mol. The number of piperidine rings is 1. The van der Waals surface area contributed by atoms with Gasteiger partial charge in [0.05, 0.1) is 0 Å². The van der Waals surface area contributed by atoms with E-state index in [2.05, 4.69) is 17.1 Å². The molecule has 1 aliphatic carbocycles. The summed E-state index contributed by atoms with van der Waals surface area (Å²) in [6.07, 6.45) is 4.94. The topological polar surface area (TPSA) is 41.6 Å². The van der Waals surface area contributed by atoms with Crippen molar-refractivity contribution in [2.45, 2.75) is 65.0 Å². The first-order valence-electron chi connectivity index (χ1n) is 8.03. The molecule has 0 aromatic carbocycles. The van der Waals surface area contributed by atoms with E-state index in [1.165, 1.54) is 32.4 Å². The summed E-state index contributed by atoms with van der Waals surface area (Å²) >= 11 is 0. The van der Waals surface area contributed by atoms with E-state index in [9.17, 15) is 4.79 Å². The molecule has 0 aromatic heterocycles. The van der Waals surface area contributed by atoms with Gasteiger partial charge in [0.2, 0.25) is 0 Å². The predicted molar refractivity (Wildman–Crippen MR) is 80.7 cm³/mol. The minimum atomic E-state index is -0.421. The number of rotatable bonds is 3. The van der Waals surface area contributed by atoms with E-state index in [1.54, 1.807) is 0 Å². The van der Waals surface area contributed by atoms with Crippen LogP contribution in [0.2, 0.25) is 0 Å². The predicted octanol–water partition coefficient (Wildman–Crippen LogP) is 3.02. The lowest BCUT2D eigenvalue weighted by Crippen LogP contribution is -2.52. The molecule has 2 aliphatic rings. The molecule has 1 heterocycles. The van der Waals surface area contributed by atoms with Crippen molar-refractivity contribution in [3.05, 3.63) is 0 Å². The Kier molecular flexibility index (Phi) is 4.95. The third kappa shape index (κ3) is 4.97. The van der Waals surface area contributed by atoms with Gasteiger partial charge in [0.25, 0.3) is 0 Å². The average molecular weight is 282 g/mol. The highest BCUT2D eigenvalue weighted by molar-refractivity contribution is 5.68. The van der Waals surface area contributed by atoms with Crippen molar-refractivity contribution in [1.29, 1.82) is 0 Å². The molecule has 2 fully saturated rings. The van der Waals surface area contributed by atoms with Crippen molar-refractivity contribution in [1.82, 2.24) is 10.2 Å². The normalized spacial score (nSPS) is 28.8. The maximum atomic E-state index is 11.9. The summed E-state index contributed by atoms with van der Waals surface area (Å²) in [4.78, 5) is 14.4. The molecule has 20 heavy (non-hydrogen) atoms. The Morgan fingerprint density at radius 1 is 1.30 bits per heavy atom. The lowest BCUT2D eigenvalue weighted by molar-refractivity contribution is 0.0435. The number of ether oxygens (including phenoxy) is 1. The highest BCUT2D eigenvalue weighted by Gasteiger charge is 2.29. The molecular formula is C16H30N2O2. The average Bonchev–Trinajstić information content (AvgIpc) is 2.19. The number of carbonyl (C=O) groups excluding carboxylic acids is 1. The lowest BCUT2D eigenvalue weighted by Gasteiger charge is -2.40. The van der Waals surface area contributed by atoms with Crippen LogP contribution in [0.5, 0.6) is 0 Å². The molecule has 0 radical (unpaired) electrons. The number of alkyl carbamates (subject to hydrolysis) is 1. The Hall–Kier alpha value is -0.770. The first-order chi connectivity index (χ1) is 9.32. The number of nitrogens with one attached hydrogen (secondary N) is 1. The van der Waals surface area contributed by atoms with Crippen LogP contribution in [0.25, 0.3) is 0 Å². The third-order valence-electron chi connectivity index (χ3n) is 4.20. The molecule has 0 spiro atoms. The van der Waals surface area contributed by atoms with Crippen LogP contribution < -0.4 is 5.32 Å². The van der Waals surface area contributed by atoms with Gasteiger partial charge in [-0.05, 0) is 51.9 Å². The monoisotopic (exact) mass is 282 g/mol. The fraction of sp³-hybridized carbons (Fsp3) is 0.938. The van der Waals surface area contributed by atoms with Crippen molar-refractivity contribution in [3.8, 4) is 0 Å². The van der Waals surface area contributed by atoms with E-state index in [-0.39, 0.29) is 12.1 Å². The van der Waals surface area contributed by atoms with Gasteiger partial charge >= 0.3 is 6.09 Å². The van der Waals surface area contributed by atoms with Crippen LogP contribution in [0.3, 0.4) is 0 Å². The van der Waals surface area contributed by atoms with Crippen LogP contribution in [-0.2, 0) is 4.74 Å². The molecule has 1 N–H and O–H groups in total. The molecule has 1 amide bonds. The molecule has 1 aliphatic heterocycles. The molecule has 2 atom stereocenters. The minimum Gasteiger partial charge on any atom is -0.444 e. The number of hydrogen-bond acceptors (Lipinski definition) is 3. The van der Waals surface area contributed by atoms with Gasteiger partial charge in [0.1, 0.15) is 5.60 Å². The molecule has 4 nitrogen and oxygen atoms in total. The minimum absolute atomic E-state index is 0.230. The summed E-state index contributed by atoms with van der Waals surface area (Å²) in [5, 5.41) is 3.04. The largest absolute Gasteiger partial charge is 0.444 e. The van der Waals surface area contributed by atoms with Crippen LogP contribution in [0.4, 0.5) is 4.79 Å². The molecule has 1 saturated carbocycles. The van der Waals surface area contributed by atoms with Gasteiger partial charge in [-0.15, -0.1) is 0 Å². The number of amides is 1. The van der Waals surface area contributed by atoms with E-state index >= 15 is 0 Å². The summed E-state index contributed by atoms with van der Waals surface area (Å²) in [5.74, 6) is 1.53. The van der Waals surface area contributed by atoms with Crippen LogP contribution in [0, 0.1) is 11.8 Å². The molecule has 116 valence electrons. The van der Waals surface area contributed by atoms with Gasteiger partial charge in [0.15, 0.2) is 0 Å². The van der Waals surface area contributed by atoms with Crippen LogP contribution >= 0.6 is 0 Å². The van der Waals surface area contributed by atoms with Gasteiger partial charge < -0.3 is 15.0 Å². The van der Waals surface area contributed by atoms with E-state index in [0.29, 0.717) is 5.92 Å². The zero-order valence-corrected chi connectivity index (χ0v) is 13.4. The zero-order valence-electron chi connectivity index (χ0n) is 13.4. The van der Waals surface area contributed by atoms with E-state index in [1.807, 2.05) is 20.8 Å². The van der Waals surface area contributed by atoms with E-state index < -0.39 is 5.60 Å². The second-order valence-electron chi connectivity index (χ2n) is 7.70. The molecule has 0 aromatic rings. The van der Waals surface area contributed by atoms with Crippen LogP contribution in [0.1, 0.15) is 53.4 Å². The molecule has 0 bridgehead atoms. The summed E-state index contributed by atoms with van der Waals surface area (Å²) in [6.45, 7) is 11.3. The number of nitrogens with zero attached hydrogens (tertiary/aromatic N) is 1. The first kappa shape index (κ1) is 15.6. The van der Waals surface area contributed by atoms with Crippen LogP contribution in [-0.4, -0.2) is 42.3 Å². The quantitative estimate of drug-likeness (QED) is 0.865. The van der Waals surface area contributed by atoms with Crippen molar-refractivity contribution in [2.24, 2.45) is 11.8 Å². The summed E-state index contributed by atoms with van der Waals surface area (Å²) < 4.78 is 5.36. The fourth-order valence-electron chi connectivity index (χ4n) is 3.23. The van der Waals surface area contributed by atoms with Crippen molar-refractivity contribution >= 4 is 6.09 Å². The number of carbonyl (C=O) groups is 1. The Bertz CT molecular complexity index is 334.